The van der Waals surface area contributed by atoms with Crippen molar-refractivity contribution in [1.29, 1.82) is 0 Å². The Morgan fingerprint density at radius 3 is 2.16 bits per heavy atom. The number of hydrogen-bond donors (Lipinski definition) is 1. The summed E-state index contributed by atoms with van der Waals surface area (Å²) in [6, 6.07) is 1.79. The van der Waals surface area contributed by atoms with Gasteiger partial charge in [-0.3, -0.25) is 0 Å². The maximum atomic E-state index is 12.3. The van der Waals surface area contributed by atoms with Crippen LogP contribution in [-0.4, -0.2) is 40.8 Å². The Morgan fingerprint density at radius 1 is 1.21 bits per heavy atom. The number of hydrogen-bond acceptors (Lipinski definition) is 3. The molecule has 0 aromatic heterocycles. The molecule has 0 aromatic carbocycles. The molecule has 4 heteroatoms. The summed E-state index contributed by atoms with van der Waals surface area (Å²) in [6.45, 7) is 10.2. The first kappa shape index (κ1) is 14.6. The van der Waals surface area contributed by atoms with E-state index in [0.717, 1.165) is 25.7 Å². The van der Waals surface area contributed by atoms with E-state index in [-0.39, 0.29) is 6.09 Å². The third-order valence-corrected chi connectivity index (χ3v) is 3.91. The highest BCUT2D eigenvalue weighted by atomic mass is 16.6. The number of rotatable bonds is 2. The van der Waals surface area contributed by atoms with Gasteiger partial charge in [0.1, 0.15) is 5.60 Å². The molecule has 0 radical (unpaired) electrons. The van der Waals surface area contributed by atoms with E-state index in [2.05, 4.69) is 19.2 Å². The van der Waals surface area contributed by atoms with E-state index in [9.17, 15) is 4.79 Å². The van der Waals surface area contributed by atoms with E-state index in [4.69, 9.17) is 4.74 Å². The fourth-order valence-electron chi connectivity index (χ4n) is 3.40. The van der Waals surface area contributed by atoms with Gasteiger partial charge in [0.2, 0.25) is 0 Å². The quantitative estimate of drug-likeness (QED) is 0.837. The molecule has 2 fully saturated rings. The smallest absolute Gasteiger partial charge is 0.410 e. The summed E-state index contributed by atoms with van der Waals surface area (Å²) >= 11 is 0. The van der Waals surface area contributed by atoms with Crippen molar-refractivity contribution < 1.29 is 9.53 Å². The molecule has 0 aromatic rings. The van der Waals surface area contributed by atoms with Crippen LogP contribution in [0.2, 0.25) is 0 Å². The molecule has 2 aliphatic rings. The van der Waals surface area contributed by atoms with E-state index in [1.165, 1.54) is 0 Å². The van der Waals surface area contributed by atoms with Gasteiger partial charge in [0.05, 0.1) is 0 Å². The molecule has 0 spiro atoms. The van der Waals surface area contributed by atoms with Crippen LogP contribution < -0.4 is 5.32 Å². The second-order valence-electron chi connectivity index (χ2n) is 7.26. The number of fused-ring (bicyclic) bond motifs is 2. The summed E-state index contributed by atoms with van der Waals surface area (Å²) in [7, 11) is 0. The molecule has 2 heterocycles. The number of nitrogens with one attached hydrogen (secondary N) is 1. The molecule has 2 atom stereocenters. The second kappa shape index (κ2) is 5.31. The van der Waals surface area contributed by atoms with Crippen molar-refractivity contribution in [2.75, 3.05) is 0 Å². The largest absolute Gasteiger partial charge is 0.444 e. The summed E-state index contributed by atoms with van der Waals surface area (Å²) in [6.07, 6.45) is 4.25. The van der Waals surface area contributed by atoms with E-state index in [1.54, 1.807) is 0 Å². The van der Waals surface area contributed by atoms with Crippen molar-refractivity contribution in [1.82, 2.24) is 10.2 Å². The Balaban J connectivity index is 1.97. The zero-order valence-electron chi connectivity index (χ0n) is 12.9. The standard InChI is InChI=1S/C15H28N2O2/c1-10(2)16-11-8-12-6-7-13(9-11)17(12)14(18)19-15(3,4)5/h10-13,16H,6-9H2,1-5H3. The van der Waals surface area contributed by atoms with Crippen molar-refractivity contribution in [3.05, 3.63) is 0 Å². The van der Waals surface area contributed by atoms with Gasteiger partial charge in [0.15, 0.2) is 0 Å². The first-order valence-electron chi connectivity index (χ1n) is 7.53. The number of nitrogens with zero attached hydrogens (tertiary/aromatic N) is 1. The fourth-order valence-corrected chi connectivity index (χ4v) is 3.40. The minimum Gasteiger partial charge on any atom is -0.444 e. The Kier molecular flexibility index (Phi) is 4.09. The van der Waals surface area contributed by atoms with Gasteiger partial charge in [0, 0.05) is 24.2 Å². The first-order chi connectivity index (χ1) is 8.76. The predicted octanol–water partition coefficient (Wildman–Crippen LogP) is 2.91. The topological polar surface area (TPSA) is 41.6 Å². The molecule has 2 rings (SSSR count). The molecular weight excluding hydrogens is 240 g/mol. The lowest BCUT2D eigenvalue weighted by molar-refractivity contribution is 0.00446. The van der Waals surface area contributed by atoms with Gasteiger partial charge >= 0.3 is 6.09 Å². The molecule has 2 saturated heterocycles. The van der Waals surface area contributed by atoms with Crippen LogP contribution in [0.25, 0.3) is 0 Å². The molecule has 19 heavy (non-hydrogen) atoms. The van der Waals surface area contributed by atoms with Crippen molar-refractivity contribution in [3.8, 4) is 0 Å². The maximum Gasteiger partial charge on any atom is 0.410 e. The molecule has 0 aliphatic carbocycles. The van der Waals surface area contributed by atoms with Gasteiger partial charge in [-0.2, -0.15) is 0 Å². The Bertz CT molecular complexity index is 322. The average molecular weight is 268 g/mol. The van der Waals surface area contributed by atoms with Gasteiger partial charge in [-0.05, 0) is 46.5 Å². The molecule has 110 valence electrons. The first-order valence-corrected chi connectivity index (χ1v) is 7.53. The van der Waals surface area contributed by atoms with Crippen LogP contribution in [0.1, 0.15) is 60.3 Å². The molecule has 1 N–H and O–H groups in total. The zero-order chi connectivity index (χ0) is 14.2. The lowest BCUT2D eigenvalue weighted by atomic mass is 9.97. The monoisotopic (exact) mass is 268 g/mol. The van der Waals surface area contributed by atoms with E-state index < -0.39 is 5.60 Å². The molecule has 0 saturated carbocycles. The SMILES string of the molecule is CC(C)NC1CC2CCC(C1)N2C(=O)OC(C)(C)C. The number of carbonyl (C=O) groups is 1. The number of amides is 1. The third-order valence-electron chi connectivity index (χ3n) is 3.91. The Hall–Kier alpha value is -0.770. The van der Waals surface area contributed by atoms with E-state index in [0.29, 0.717) is 24.2 Å². The normalized spacial score (nSPS) is 30.8. The van der Waals surface area contributed by atoms with Crippen LogP contribution in [-0.2, 0) is 4.74 Å². The molecule has 4 nitrogen and oxygen atoms in total. The van der Waals surface area contributed by atoms with E-state index >= 15 is 0 Å². The third kappa shape index (κ3) is 3.62. The van der Waals surface area contributed by atoms with Crippen molar-refractivity contribution >= 4 is 6.09 Å². The van der Waals surface area contributed by atoms with Crippen LogP contribution in [0.15, 0.2) is 0 Å². The van der Waals surface area contributed by atoms with E-state index in [1.807, 2.05) is 25.7 Å². The highest BCUT2D eigenvalue weighted by molar-refractivity contribution is 5.69. The van der Waals surface area contributed by atoms with Crippen LogP contribution in [0.5, 0.6) is 0 Å². The predicted molar refractivity (Wildman–Crippen MR) is 76.2 cm³/mol. The average Bonchev–Trinajstić information content (AvgIpc) is 2.47. The highest BCUT2D eigenvalue weighted by Gasteiger charge is 2.44. The van der Waals surface area contributed by atoms with Crippen molar-refractivity contribution in [2.24, 2.45) is 0 Å². The van der Waals surface area contributed by atoms with Gasteiger partial charge in [-0.15, -0.1) is 0 Å². The van der Waals surface area contributed by atoms with Crippen molar-refractivity contribution in [2.45, 2.75) is 90.1 Å². The van der Waals surface area contributed by atoms with Crippen LogP contribution in [0.4, 0.5) is 4.79 Å². The highest BCUT2D eigenvalue weighted by Crippen LogP contribution is 2.36. The van der Waals surface area contributed by atoms with Crippen LogP contribution >= 0.6 is 0 Å². The Labute approximate surface area is 116 Å². The number of piperidine rings is 1. The molecule has 2 bridgehead atoms. The van der Waals surface area contributed by atoms with Crippen molar-refractivity contribution in [3.63, 3.8) is 0 Å². The summed E-state index contributed by atoms with van der Waals surface area (Å²) in [5.41, 5.74) is -0.399. The number of ether oxygens (including phenoxy) is 1. The van der Waals surface area contributed by atoms with Gasteiger partial charge in [-0.1, -0.05) is 13.8 Å². The fraction of sp³-hybridized carbons (Fsp3) is 0.933. The van der Waals surface area contributed by atoms with Crippen LogP contribution in [0, 0.1) is 0 Å². The number of carbonyl (C=O) groups excluding carboxylic acids is 1. The van der Waals surface area contributed by atoms with Gasteiger partial charge < -0.3 is 15.0 Å². The van der Waals surface area contributed by atoms with Crippen LogP contribution in [0.3, 0.4) is 0 Å². The molecule has 2 unspecified atom stereocenters. The molecular formula is C15H28N2O2. The second-order valence-corrected chi connectivity index (χ2v) is 7.26. The molecule has 1 amide bonds. The molecule has 2 aliphatic heterocycles. The lowest BCUT2D eigenvalue weighted by Gasteiger charge is -2.40. The summed E-state index contributed by atoms with van der Waals surface area (Å²) < 4.78 is 5.54. The summed E-state index contributed by atoms with van der Waals surface area (Å²) in [4.78, 5) is 14.3. The van der Waals surface area contributed by atoms with Gasteiger partial charge in [0.25, 0.3) is 0 Å². The zero-order valence-corrected chi connectivity index (χ0v) is 12.9. The Morgan fingerprint density at radius 2 is 1.74 bits per heavy atom. The summed E-state index contributed by atoms with van der Waals surface area (Å²) in [5.74, 6) is 0. The lowest BCUT2D eigenvalue weighted by Crippen LogP contribution is -2.53. The van der Waals surface area contributed by atoms with Gasteiger partial charge in [-0.25, -0.2) is 4.79 Å². The minimum atomic E-state index is -0.399. The summed E-state index contributed by atoms with van der Waals surface area (Å²) in [5, 5.41) is 3.61. The minimum absolute atomic E-state index is 0.122. The maximum absolute atomic E-state index is 12.3.